The summed E-state index contributed by atoms with van der Waals surface area (Å²) in [4.78, 5) is 43.2. The molecule has 3 aromatic carbocycles. The van der Waals surface area contributed by atoms with Crippen molar-refractivity contribution >= 4 is 46.6 Å². The van der Waals surface area contributed by atoms with Crippen LogP contribution in [0.15, 0.2) is 66.7 Å². The molecule has 3 amide bonds. The number of benzene rings is 3. The topological polar surface area (TPSA) is 125 Å². The van der Waals surface area contributed by atoms with Gasteiger partial charge in [-0.15, -0.1) is 0 Å². The lowest BCUT2D eigenvalue weighted by Gasteiger charge is -2.20. The van der Waals surface area contributed by atoms with E-state index in [9.17, 15) is 14.4 Å². The van der Waals surface area contributed by atoms with Crippen molar-refractivity contribution in [2.24, 2.45) is 0 Å². The summed E-state index contributed by atoms with van der Waals surface area (Å²) in [6, 6.07) is 21.5. The number of hydrogen-bond donors (Lipinski definition) is 4. The number of nitrogens with one attached hydrogen (secondary N) is 4. The average Bonchev–Trinajstić information content (AvgIpc) is 3.83. The standard InChI is InChI=1S/C38H38Cl2N6O4/c1-50-37-23(18-42-20-26-12-15-34(48)44-26)10-13-31(45-37)29-6-2-4-27(35(29)39)28-5-3-7-32(36(28)40)46-21-24-9-8-22(16-30(24)38(46)49)17-41-19-25-11-14-33(47)43-25/h2-10,13,16,25-26,41-42H,11-12,14-15,17-21H2,1H3,(H,43,47)(H,44,48)/t25-,26-/m0/s1. The highest BCUT2D eigenvalue weighted by Crippen LogP contribution is 2.43. The predicted molar refractivity (Wildman–Crippen MR) is 194 cm³/mol. The summed E-state index contributed by atoms with van der Waals surface area (Å²) in [5, 5.41) is 13.6. The van der Waals surface area contributed by atoms with Gasteiger partial charge >= 0.3 is 0 Å². The smallest absolute Gasteiger partial charge is 0.258 e. The normalized spacial score (nSPS) is 18.4. The summed E-state index contributed by atoms with van der Waals surface area (Å²) in [5.41, 5.74) is 6.89. The summed E-state index contributed by atoms with van der Waals surface area (Å²) in [7, 11) is 1.59. The highest BCUT2D eigenvalue weighted by atomic mass is 35.5. The molecule has 50 heavy (non-hydrogen) atoms. The second-order valence-electron chi connectivity index (χ2n) is 12.9. The van der Waals surface area contributed by atoms with E-state index in [1.54, 1.807) is 12.0 Å². The van der Waals surface area contributed by atoms with Gasteiger partial charge in [0.05, 0.1) is 35.1 Å². The number of rotatable bonds is 12. The summed E-state index contributed by atoms with van der Waals surface area (Å²) in [6.45, 7) is 2.90. The number of fused-ring (bicyclic) bond motifs is 1. The molecule has 2 saturated heterocycles. The number of nitrogens with zero attached hydrogens (tertiary/aromatic N) is 2. The zero-order valence-corrected chi connectivity index (χ0v) is 29.2. The maximum absolute atomic E-state index is 13.7. The molecule has 0 unspecified atom stereocenters. The molecule has 3 aliphatic rings. The molecule has 0 bridgehead atoms. The number of ether oxygens (including phenoxy) is 1. The van der Waals surface area contributed by atoms with Crippen LogP contribution in [0.2, 0.25) is 10.0 Å². The van der Waals surface area contributed by atoms with Gasteiger partial charge in [0.15, 0.2) is 0 Å². The first-order valence-corrected chi connectivity index (χ1v) is 17.6. The molecule has 2 atom stereocenters. The Morgan fingerprint density at radius 2 is 1.46 bits per heavy atom. The van der Waals surface area contributed by atoms with Gasteiger partial charge in [-0.25, -0.2) is 4.98 Å². The minimum atomic E-state index is -0.109. The van der Waals surface area contributed by atoms with E-state index in [0.717, 1.165) is 40.7 Å². The Labute approximate surface area is 300 Å². The highest BCUT2D eigenvalue weighted by molar-refractivity contribution is 6.39. The lowest BCUT2D eigenvalue weighted by molar-refractivity contribution is -0.120. The molecule has 0 spiro atoms. The van der Waals surface area contributed by atoms with Crippen LogP contribution in [0.3, 0.4) is 0 Å². The summed E-state index contributed by atoms with van der Waals surface area (Å²) in [5.74, 6) is 0.566. The van der Waals surface area contributed by atoms with Crippen LogP contribution in [0.5, 0.6) is 5.88 Å². The quantitative estimate of drug-likeness (QED) is 0.150. The Balaban J connectivity index is 1.07. The van der Waals surface area contributed by atoms with Gasteiger partial charge in [-0.2, -0.15) is 0 Å². The van der Waals surface area contributed by atoms with Crippen LogP contribution in [0, 0.1) is 0 Å². The van der Waals surface area contributed by atoms with Gasteiger partial charge < -0.3 is 30.9 Å². The van der Waals surface area contributed by atoms with Gasteiger partial charge in [-0.3, -0.25) is 14.4 Å². The van der Waals surface area contributed by atoms with E-state index in [4.69, 9.17) is 32.9 Å². The number of anilines is 1. The molecular weight excluding hydrogens is 675 g/mol. The average molecular weight is 714 g/mol. The van der Waals surface area contributed by atoms with E-state index < -0.39 is 0 Å². The first kappa shape index (κ1) is 34.0. The van der Waals surface area contributed by atoms with Gasteiger partial charge in [-0.05, 0) is 42.2 Å². The van der Waals surface area contributed by atoms with Crippen LogP contribution < -0.4 is 30.9 Å². The second-order valence-corrected chi connectivity index (χ2v) is 13.7. The van der Waals surface area contributed by atoms with Gasteiger partial charge in [0, 0.05) is 78.9 Å². The van der Waals surface area contributed by atoms with Gasteiger partial charge in [-0.1, -0.05) is 71.7 Å². The van der Waals surface area contributed by atoms with Crippen molar-refractivity contribution in [3.63, 3.8) is 0 Å². The van der Waals surface area contributed by atoms with Gasteiger partial charge in [0.2, 0.25) is 17.7 Å². The Hall–Kier alpha value is -4.48. The van der Waals surface area contributed by atoms with E-state index in [2.05, 4.69) is 21.3 Å². The maximum Gasteiger partial charge on any atom is 0.258 e. The number of hydrogen-bond acceptors (Lipinski definition) is 7. The van der Waals surface area contributed by atoms with Crippen LogP contribution in [0.25, 0.3) is 22.4 Å². The van der Waals surface area contributed by atoms with E-state index in [1.165, 1.54) is 0 Å². The Morgan fingerprint density at radius 3 is 2.14 bits per heavy atom. The molecule has 1 aromatic heterocycles. The van der Waals surface area contributed by atoms with Crippen molar-refractivity contribution < 1.29 is 19.1 Å². The summed E-state index contributed by atoms with van der Waals surface area (Å²) >= 11 is 14.2. The number of aromatic nitrogens is 1. The molecule has 3 aliphatic heterocycles. The molecule has 12 heteroatoms. The fourth-order valence-corrected chi connectivity index (χ4v) is 7.54. The molecular formula is C38H38Cl2N6O4. The SMILES string of the molecule is COc1nc(-c2cccc(-c3cccc(N4Cc5ccc(CNC[C@@H]6CCC(=O)N6)cc5C4=O)c3Cl)c2Cl)ccc1CNC[C@@H]1CCC(=O)N1. The molecule has 0 saturated carbocycles. The van der Waals surface area contributed by atoms with Crippen molar-refractivity contribution in [2.75, 3.05) is 25.1 Å². The van der Waals surface area contributed by atoms with Crippen molar-refractivity contribution in [3.8, 4) is 28.3 Å². The van der Waals surface area contributed by atoms with Crippen molar-refractivity contribution in [1.82, 2.24) is 26.3 Å². The lowest BCUT2D eigenvalue weighted by Crippen LogP contribution is -2.35. The minimum absolute atomic E-state index is 0.0924. The zero-order chi connectivity index (χ0) is 34.8. The third-order valence-electron chi connectivity index (χ3n) is 9.54. The summed E-state index contributed by atoms with van der Waals surface area (Å²) < 4.78 is 5.64. The number of halogens is 2. The molecule has 0 radical (unpaired) electrons. The number of methoxy groups -OCH3 is 1. The molecule has 0 aliphatic carbocycles. The number of carbonyl (C=O) groups is 3. The van der Waals surface area contributed by atoms with E-state index in [-0.39, 0.29) is 29.8 Å². The van der Waals surface area contributed by atoms with Crippen molar-refractivity contribution in [1.29, 1.82) is 0 Å². The first-order valence-electron chi connectivity index (χ1n) is 16.8. The fraction of sp³-hybridized carbons (Fsp3) is 0.316. The monoisotopic (exact) mass is 712 g/mol. The molecule has 10 nitrogen and oxygen atoms in total. The molecule has 7 rings (SSSR count). The molecule has 2 fully saturated rings. The van der Waals surface area contributed by atoms with E-state index >= 15 is 0 Å². The van der Waals surface area contributed by atoms with Crippen molar-refractivity contribution in [3.05, 3.63) is 99.0 Å². The van der Waals surface area contributed by atoms with E-state index in [0.29, 0.717) is 84.0 Å². The zero-order valence-electron chi connectivity index (χ0n) is 27.7. The van der Waals surface area contributed by atoms with Crippen LogP contribution in [0.1, 0.15) is 52.7 Å². The Morgan fingerprint density at radius 1 is 0.800 bits per heavy atom. The minimum Gasteiger partial charge on any atom is -0.481 e. The van der Waals surface area contributed by atoms with Gasteiger partial charge in [0.25, 0.3) is 5.91 Å². The van der Waals surface area contributed by atoms with Crippen molar-refractivity contribution in [2.45, 2.75) is 57.4 Å². The largest absolute Gasteiger partial charge is 0.481 e. The van der Waals surface area contributed by atoms with E-state index in [1.807, 2.05) is 66.7 Å². The molecule has 4 N–H and O–H groups in total. The number of pyridine rings is 1. The van der Waals surface area contributed by atoms with Gasteiger partial charge in [0.1, 0.15) is 0 Å². The van der Waals surface area contributed by atoms with Crippen LogP contribution in [-0.4, -0.2) is 55.0 Å². The number of amides is 3. The Bertz CT molecular complexity index is 1970. The third kappa shape index (κ3) is 7.07. The second kappa shape index (κ2) is 14.8. The highest BCUT2D eigenvalue weighted by Gasteiger charge is 2.31. The summed E-state index contributed by atoms with van der Waals surface area (Å²) in [6.07, 6.45) is 2.80. The molecule has 258 valence electrons. The predicted octanol–water partition coefficient (Wildman–Crippen LogP) is 5.63. The fourth-order valence-electron chi connectivity index (χ4n) is 6.89. The maximum atomic E-state index is 13.7. The van der Waals surface area contributed by atoms with Crippen LogP contribution in [-0.2, 0) is 29.2 Å². The molecule has 4 aromatic rings. The lowest BCUT2D eigenvalue weighted by atomic mass is 10.00. The Kier molecular flexibility index (Phi) is 10.1. The number of carbonyl (C=O) groups excluding carboxylic acids is 3. The molecule has 4 heterocycles. The first-order chi connectivity index (χ1) is 24.3. The third-order valence-corrected chi connectivity index (χ3v) is 10.3. The van der Waals surface area contributed by atoms with Crippen LogP contribution in [0.4, 0.5) is 5.69 Å². The van der Waals surface area contributed by atoms with Crippen LogP contribution >= 0.6 is 23.2 Å².